The predicted octanol–water partition coefficient (Wildman–Crippen LogP) is 3.77. The molecule has 0 aliphatic carbocycles. The third-order valence-electron chi connectivity index (χ3n) is 3.98. The first kappa shape index (κ1) is 18.8. The molecule has 0 spiro atoms. The molecule has 0 N–H and O–H groups in total. The van der Waals surface area contributed by atoms with Crippen molar-refractivity contribution in [2.45, 2.75) is 65.2 Å². The van der Waals surface area contributed by atoms with E-state index in [1.54, 1.807) is 13.8 Å². The van der Waals surface area contributed by atoms with Gasteiger partial charge in [-0.3, -0.25) is 8.98 Å². The minimum absolute atomic E-state index is 0.170. The van der Waals surface area contributed by atoms with E-state index in [0.717, 1.165) is 30.4 Å². The van der Waals surface area contributed by atoms with Crippen molar-refractivity contribution in [3.63, 3.8) is 0 Å². The Morgan fingerprint density at radius 2 is 1.59 bits per heavy atom. The minimum atomic E-state index is -3.91. The van der Waals surface area contributed by atoms with E-state index >= 15 is 0 Å². The fraction of sp³-hybridized carbons (Fsp3) is 0.588. The van der Waals surface area contributed by atoms with Crippen LogP contribution in [0.5, 0.6) is 0 Å². The fourth-order valence-corrected chi connectivity index (χ4v) is 3.88. The maximum Gasteiger partial charge on any atom is 0.297 e. The minimum Gasteiger partial charge on any atom is -0.297 e. The summed E-state index contributed by atoms with van der Waals surface area (Å²) in [6.07, 6.45) is 3.13. The largest absolute Gasteiger partial charge is 0.297 e. The number of carbonyl (C=O) groups is 1. The lowest BCUT2D eigenvalue weighted by molar-refractivity contribution is -0.121. The Bertz CT molecular complexity index is 619. The van der Waals surface area contributed by atoms with Crippen molar-refractivity contribution in [1.82, 2.24) is 0 Å². The molecule has 0 aromatic heterocycles. The zero-order chi connectivity index (χ0) is 16.9. The molecule has 0 atom stereocenters. The molecular formula is C17H26O4S. The van der Waals surface area contributed by atoms with Gasteiger partial charge in [-0.25, -0.2) is 0 Å². The van der Waals surface area contributed by atoms with Gasteiger partial charge >= 0.3 is 0 Å². The highest BCUT2D eigenvalue weighted by atomic mass is 32.2. The van der Waals surface area contributed by atoms with Gasteiger partial charge in [0, 0.05) is 6.42 Å². The first-order valence-electron chi connectivity index (χ1n) is 7.69. The van der Waals surface area contributed by atoms with Crippen molar-refractivity contribution in [2.75, 3.05) is 6.61 Å². The Balaban J connectivity index is 2.90. The van der Waals surface area contributed by atoms with Crippen LogP contribution in [0.15, 0.2) is 11.0 Å². The summed E-state index contributed by atoms with van der Waals surface area (Å²) in [5.74, 6) is -0.170. The zero-order valence-electron chi connectivity index (χ0n) is 14.2. The van der Waals surface area contributed by atoms with Crippen LogP contribution in [0.2, 0.25) is 0 Å². The SMILES string of the molecule is CCCCCC(=O)COS(=O)(=O)c1c(C)c(C)cc(C)c1C. The fourth-order valence-electron chi connectivity index (χ4n) is 2.40. The monoisotopic (exact) mass is 326 g/mol. The lowest BCUT2D eigenvalue weighted by Crippen LogP contribution is -2.17. The standard InChI is InChI=1S/C17H26O4S/c1-6-7-8-9-16(18)11-21-22(19,20)17-14(4)12(2)10-13(3)15(17)5/h10H,6-9,11H2,1-5H3. The molecule has 0 radical (unpaired) electrons. The van der Waals surface area contributed by atoms with Gasteiger partial charge in [-0.1, -0.05) is 25.8 Å². The Hall–Kier alpha value is -1.20. The van der Waals surface area contributed by atoms with E-state index < -0.39 is 10.1 Å². The van der Waals surface area contributed by atoms with Gasteiger partial charge in [-0.2, -0.15) is 8.42 Å². The van der Waals surface area contributed by atoms with E-state index in [-0.39, 0.29) is 17.3 Å². The Kier molecular flexibility index (Phi) is 6.75. The van der Waals surface area contributed by atoms with Gasteiger partial charge in [0.05, 0.1) is 0 Å². The van der Waals surface area contributed by atoms with Crippen LogP contribution in [0.25, 0.3) is 0 Å². The molecule has 0 aliphatic rings. The van der Waals surface area contributed by atoms with Crippen molar-refractivity contribution in [1.29, 1.82) is 0 Å². The van der Waals surface area contributed by atoms with Crippen molar-refractivity contribution in [3.05, 3.63) is 28.3 Å². The highest BCUT2D eigenvalue weighted by Crippen LogP contribution is 2.27. The number of ketones is 1. The molecule has 0 saturated carbocycles. The number of benzene rings is 1. The van der Waals surface area contributed by atoms with Crippen LogP contribution in [-0.4, -0.2) is 20.8 Å². The van der Waals surface area contributed by atoms with Gasteiger partial charge in [-0.05, 0) is 56.4 Å². The first-order chi connectivity index (χ1) is 10.2. The number of unbranched alkanes of at least 4 members (excludes halogenated alkanes) is 2. The van der Waals surface area contributed by atoms with Crippen molar-refractivity contribution >= 4 is 15.9 Å². The lowest BCUT2D eigenvalue weighted by atomic mass is 10.0. The summed E-state index contributed by atoms with van der Waals surface area (Å²) in [6.45, 7) is 8.95. The highest BCUT2D eigenvalue weighted by Gasteiger charge is 2.24. The second kappa shape index (κ2) is 7.88. The molecule has 4 nitrogen and oxygen atoms in total. The quantitative estimate of drug-likeness (QED) is 0.539. The second-order valence-corrected chi connectivity index (χ2v) is 7.35. The number of Topliss-reactive ketones (excluding diaryl/α,β-unsaturated/α-hetero) is 1. The van der Waals surface area contributed by atoms with Crippen LogP contribution in [0.4, 0.5) is 0 Å². The smallest absolute Gasteiger partial charge is 0.297 e. The number of carbonyl (C=O) groups excluding carboxylic acids is 1. The van der Waals surface area contributed by atoms with Crippen molar-refractivity contribution in [3.8, 4) is 0 Å². The molecule has 0 fully saturated rings. The normalized spacial score (nSPS) is 11.7. The summed E-state index contributed by atoms with van der Waals surface area (Å²) in [5, 5.41) is 0. The Morgan fingerprint density at radius 3 is 2.09 bits per heavy atom. The van der Waals surface area contributed by atoms with Gasteiger partial charge in [0.2, 0.25) is 0 Å². The van der Waals surface area contributed by atoms with Gasteiger partial charge in [0.15, 0.2) is 5.78 Å². The van der Waals surface area contributed by atoms with Crippen molar-refractivity contribution < 1.29 is 17.4 Å². The van der Waals surface area contributed by atoms with Crippen LogP contribution >= 0.6 is 0 Å². The average Bonchev–Trinajstić information content (AvgIpc) is 2.43. The molecule has 0 bridgehead atoms. The predicted molar refractivity (Wildman–Crippen MR) is 87.7 cm³/mol. The molecule has 1 aromatic rings. The molecule has 5 heteroatoms. The van der Waals surface area contributed by atoms with Gasteiger partial charge < -0.3 is 0 Å². The second-order valence-electron chi connectivity index (χ2n) is 5.80. The molecular weight excluding hydrogens is 300 g/mol. The topological polar surface area (TPSA) is 60.4 Å². The molecule has 0 aliphatic heterocycles. The summed E-state index contributed by atoms with van der Waals surface area (Å²) in [4.78, 5) is 11.9. The molecule has 0 amide bonds. The summed E-state index contributed by atoms with van der Waals surface area (Å²) in [6, 6.07) is 1.96. The van der Waals surface area contributed by atoms with Gasteiger partial charge in [0.25, 0.3) is 10.1 Å². The van der Waals surface area contributed by atoms with Gasteiger partial charge in [-0.15, -0.1) is 0 Å². The van der Waals surface area contributed by atoms with E-state index in [4.69, 9.17) is 4.18 Å². The molecule has 0 saturated heterocycles. The Morgan fingerprint density at radius 1 is 1.05 bits per heavy atom. The third-order valence-corrected chi connectivity index (χ3v) is 5.52. The van der Waals surface area contributed by atoms with E-state index in [0.29, 0.717) is 17.5 Å². The third kappa shape index (κ3) is 4.65. The maximum absolute atomic E-state index is 12.4. The first-order valence-corrected chi connectivity index (χ1v) is 9.10. The van der Waals surface area contributed by atoms with Crippen LogP contribution in [-0.2, 0) is 19.1 Å². The lowest BCUT2D eigenvalue weighted by Gasteiger charge is -2.15. The van der Waals surface area contributed by atoms with E-state index in [1.165, 1.54) is 0 Å². The molecule has 22 heavy (non-hydrogen) atoms. The Labute approximate surface area is 134 Å². The number of aryl methyl sites for hydroxylation is 2. The number of hydrogen-bond acceptors (Lipinski definition) is 4. The molecule has 0 heterocycles. The summed E-state index contributed by atoms with van der Waals surface area (Å²) in [5.41, 5.74) is 3.17. The van der Waals surface area contributed by atoms with Gasteiger partial charge in [0.1, 0.15) is 11.5 Å². The zero-order valence-corrected chi connectivity index (χ0v) is 15.0. The van der Waals surface area contributed by atoms with Crippen LogP contribution in [0.3, 0.4) is 0 Å². The molecule has 0 unspecified atom stereocenters. The average molecular weight is 326 g/mol. The summed E-state index contributed by atoms with van der Waals surface area (Å²) >= 11 is 0. The number of rotatable bonds is 8. The molecule has 124 valence electrons. The van der Waals surface area contributed by atoms with E-state index in [2.05, 4.69) is 6.92 Å². The number of hydrogen-bond donors (Lipinski definition) is 0. The van der Waals surface area contributed by atoms with E-state index in [1.807, 2.05) is 19.9 Å². The summed E-state index contributed by atoms with van der Waals surface area (Å²) < 4.78 is 29.9. The highest BCUT2D eigenvalue weighted by molar-refractivity contribution is 7.86. The summed E-state index contributed by atoms with van der Waals surface area (Å²) in [7, 11) is -3.91. The van der Waals surface area contributed by atoms with Crippen LogP contribution < -0.4 is 0 Å². The molecule has 1 rings (SSSR count). The maximum atomic E-state index is 12.4. The van der Waals surface area contributed by atoms with Crippen LogP contribution in [0.1, 0.15) is 54.9 Å². The van der Waals surface area contributed by atoms with E-state index in [9.17, 15) is 13.2 Å². The molecule has 1 aromatic carbocycles. The van der Waals surface area contributed by atoms with Crippen LogP contribution in [0, 0.1) is 27.7 Å². The van der Waals surface area contributed by atoms with Crippen molar-refractivity contribution in [2.24, 2.45) is 0 Å².